The Morgan fingerprint density at radius 2 is 2.37 bits per heavy atom. The Morgan fingerprint density at radius 1 is 1.58 bits per heavy atom. The molecule has 104 valence electrons. The molecule has 1 aromatic heterocycles. The minimum atomic E-state index is -1.02. The van der Waals surface area contributed by atoms with Crippen LogP contribution in [0.1, 0.15) is 12.0 Å². The van der Waals surface area contributed by atoms with Gasteiger partial charge in [0.2, 0.25) is 5.91 Å². The molecule has 0 radical (unpaired) electrons. The van der Waals surface area contributed by atoms with Gasteiger partial charge < -0.3 is 14.7 Å². The van der Waals surface area contributed by atoms with Gasteiger partial charge in [0.15, 0.2) is 6.04 Å². The van der Waals surface area contributed by atoms with E-state index in [9.17, 15) is 9.59 Å². The molecule has 1 fully saturated rings. The van der Waals surface area contributed by atoms with E-state index in [0.717, 1.165) is 5.56 Å². The maximum atomic E-state index is 12.1. The summed E-state index contributed by atoms with van der Waals surface area (Å²) in [5.41, 5.74) is 0.969. The third-order valence-corrected chi connectivity index (χ3v) is 3.12. The molecule has 1 aliphatic rings. The quantitative estimate of drug-likeness (QED) is 0.807. The van der Waals surface area contributed by atoms with E-state index >= 15 is 0 Å². The number of carbonyl (C=O) groups is 2. The number of morpholine rings is 1. The Morgan fingerprint density at radius 3 is 3.00 bits per heavy atom. The minimum absolute atomic E-state index is 0.0635. The summed E-state index contributed by atoms with van der Waals surface area (Å²) >= 11 is 0. The largest absolute Gasteiger partial charge is 0.480 e. The molecule has 1 unspecified atom stereocenters. The SMILES string of the molecule is Cn1cc(CCC(=O)N2CCOCC2C(=O)O)cn1. The van der Waals surface area contributed by atoms with Gasteiger partial charge in [-0.05, 0) is 12.0 Å². The Labute approximate surface area is 110 Å². The molecule has 0 aromatic carbocycles. The molecule has 1 amide bonds. The van der Waals surface area contributed by atoms with E-state index in [1.165, 1.54) is 4.90 Å². The maximum Gasteiger partial charge on any atom is 0.328 e. The number of carboxylic acids is 1. The fraction of sp³-hybridized carbons (Fsp3) is 0.583. The van der Waals surface area contributed by atoms with Crippen molar-refractivity contribution in [2.75, 3.05) is 19.8 Å². The first-order valence-corrected chi connectivity index (χ1v) is 6.15. The monoisotopic (exact) mass is 267 g/mol. The fourth-order valence-electron chi connectivity index (χ4n) is 2.10. The van der Waals surface area contributed by atoms with E-state index in [-0.39, 0.29) is 18.9 Å². The van der Waals surface area contributed by atoms with Gasteiger partial charge >= 0.3 is 5.97 Å². The lowest BCUT2D eigenvalue weighted by atomic mass is 10.1. The molecule has 7 heteroatoms. The van der Waals surface area contributed by atoms with Crippen molar-refractivity contribution in [1.29, 1.82) is 0 Å². The van der Waals surface area contributed by atoms with Crippen molar-refractivity contribution in [3.05, 3.63) is 18.0 Å². The highest BCUT2D eigenvalue weighted by atomic mass is 16.5. The highest BCUT2D eigenvalue weighted by molar-refractivity contribution is 5.84. The van der Waals surface area contributed by atoms with E-state index in [1.54, 1.807) is 10.9 Å². The lowest BCUT2D eigenvalue weighted by Crippen LogP contribution is -2.52. The molecule has 1 saturated heterocycles. The van der Waals surface area contributed by atoms with Crippen LogP contribution in [0.3, 0.4) is 0 Å². The zero-order valence-electron chi connectivity index (χ0n) is 10.8. The molecule has 0 saturated carbocycles. The third kappa shape index (κ3) is 3.31. The van der Waals surface area contributed by atoms with Gasteiger partial charge in [-0.3, -0.25) is 9.48 Å². The second-order valence-electron chi connectivity index (χ2n) is 4.54. The topological polar surface area (TPSA) is 84.7 Å². The van der Waals surface area contributed by atoms with Crippen molar-refractivity contribution in [1.82, 2.24) is 14.7 Å². The predicted octanol–water partition coefficient (Wildman–Crippen LogP) is -0.335. The summed E-state index contributed by atoms with van der Waals surface area (Å²) < 4.78 is 6.78. The van der Waals surface area contributed by atoms with Gasteiger partial charge in [0.05, 0.1) is 19.4 Å². The number of aromatic nitrogens is 2. The van der Waals surface area contributed by atoms with Gasteiger partial charge in [-0.15, -0.1) is 0 Å². The van der Waals surface area contributed by atoms with Crippen LogP contribution in [0, 0.1) is 0 Å². The molecule has 19 heavy (non-hydrogen) atoms. The highest BCUT2D eigenvalue weighted by Gasteiger charge is 2.32. The van der Waals surface area contributed by atoms with E-state index in [2.05, 4.69) is 5.10 Å². The van der Waals surface area contributed by atoms with Crippen LogP contribution >= 0.6 is 0 Å². The fourth-order valence-corrected chi connectivity index (χ4v) is 2.10. The normalized spacial score (nSPS) is 19.4. The van der Waals surface area contributed by atoms with Gasteiger partial charge in [0.25, 0.3) is 0 Å². The lowest BCUT2D eigenvalue weighted by molar-refractivity contribution is -0.158. The summed E-state index contributed by atoms with van der Waals surface area (Å²) in [7, 11) is 1.81. The van der Waals surface area contributed by atoms with Gasteiger partial charge in [-0.1, -0.05) is 0 Å². The van der Waals surface area contributed by atoms with Gasteiger partial charge in [-0.25, -0.2) is 4.79 Å². The zero-order chi connectivity index (χ0) is 13.8. The smallest absolute Gasteiger partial charge is 0.328 e. The van der Waals surface area contributed by atoms with Crippen molar-refractivity contribution in [3.8, 4) is 0 Å². The number of aliphatic carboxylic acids is 1. The number of amides is 1. The van der Waals surface area contributed by atoms with Crippen LogP contribution in [-0.4, -0.2) is 57.5 Å². The van der Waals surface area contributed by atoms with Crippen LogP contribution in [0.4, 0.5) is 0 Å². The van der Waals surface area contributed by atoms with Crippen LogP contribution in [-0.2, 0) is 27.8 Å². The summed E-state index contributed by atoms with van der Waals surface area (Å²) in [6, 6.07) is -0.866. The van der Waals surface area contributed by atoms with E-state index < -0.39 is 12.0 Å². The standard InChI is InChI=1S/C12H17N3O4/c1-14-7-9(6-13-14)2-3-11(16)15-4-5-19-8-10(15)12(17)18/h6-7,10H,2-5,8H2,1H3,(H,17,18). The van der Waals surface area contributed by atoms with Crippen molar-refractivity contribution in [2.24, 2.45) is 7.05 Å². The summed E-state index contributed by atoms with van der Waals surface area (Å²) in [5, 5.41) is 13.1. The number of nitrogens with zero attached hydrogens (tertiary/aromatic N) is 3. The van der Waals surface area contributed by atoms with Crippen molar-refractivity contribution >= 4 is 11.9 Å². The van der Waals surface area contributed by atoms with Gasteiger partial charge in [0, 0.05) is 26.2 Å². The lowest BCUT2D eigenvalue weighted by Gasteiger charge is -2.32. The summed E-state index contributed by atoms with van der Waals surface area (Å²) in [5.74, 6) is -1.17. The van der Waals surface area contributed by atoms with E-state index in [1.807, 2.05) is 13.2 Å². The average molecular weight is 267 g/mol. The molecular weight excluding hydrogens is 250 g/mol. The molecule has 2 heterocycles. The Kier molecular flexibility index (Phi) is 4.16. The van der Waals surface area contributed by atoms with Gasteiger partial charge in [-0.2, -0.15) is 5.10 Å². The number of hydrogen-bond donors (Lipinski definition) is 1. The second kappa shape index (κ2) is 5.83. The predicted molar refractivity (Wildman–Crippen MR) is 65.5 cm³/mol. The summed E-state index contributed by atoms with van der Waals surface area (Å²) in [6.45, 7) is 0.791. The Hall–Kier alpha value is -1.89. The summed E-state index contributed by atoms with van der Waals surface area (Å²) in [6.07, 6.45) is 4.41. The molecule has 1 aromatic rings. The first kappa shape index (κ1) is 13.5. The van der Waals surface area contributed by atoms with Crippen molar-refractivity contribution in [2.45, 2.75) is 18.9 Å². The number of hydrogen-bond acceptors (Lipinski definition) is 4. The van der Waals surface area contributed by atoms with Crippen LogP contribution in [0.15, 0.2) is 12.4 Å². The Bertz CT molecular complexity index is 471. The van der Waals surface area contributed by atoms with Crippen LogP contribution in [0.5, 0.6) is 0 Å². The molecule has 7 nitrogen and oxygen atoms in total. The molecule has 1 N–H and O–H groups in total. The third-order valence-electron chi connectivity index (χ3n) is 3.12. The number of carbonyl (C=O) groups excluding carboxylic acids is 1. The second-order valence-corrected chi connectivity index (χ2v) is 4.54. The van der Waals surface area contributed by atoms with Crippen LogP contribution in [0.2, 0.25) is 0 Å². The first-order chi connectivity index (χ1) is 9.08. The molecular formula is C12H17N3O4. The van der Waals surface area contributed by atoms with E-state index in [4.69, 9.17) is 9.84 Å². The first-order valence-electron chi connectivity index (χ1n) is 6.15. The van der Waals surface area contributed by atoms with Crippen molar-refractivity contribution < 1.29 is 19.4 Å². The van der Waals surface area contributed by atoms with Gasteiger partial charge in [0.1, 0.15) is 0 Å². The van der Waals surface area contributed by atoms with Crippen molar-refractivity contribution in [3.63, 3.8) is 0 Å². The number of ether oxygens (including phenoxy) is 1. The number of carboxylic acid groups (broad SMARTS) is 1. The molecule has 0 bridgehead atoms. The molecule has 1 aliphatic heterocycles. The molecule has 1 atom stereocenters. The highest BCUT2D eigenvalue weighted by Crippen LogP contribution is 2.11. The number of aryl methyl sites for hydroxylation is 2. The average Bonchev–Trinajstić information content (AvgIpc) is 2.81. The molecule has 0 spiro atoms. The minimum Gasteiger partial charge on any atom is -0.480 e. The van der Waals surface area contributed by atoms with E-state index in [0.29, 0.717) is 19.6 Å². The Balaban J connectivity index is 1.92. The van der Waals surface area contributed by atoms with Crippen LogP contribution < -0.4 is 0 Å². The molecule has 2 rings (SSSR count). The zero-order valence-corrected chi connectivity index (χ0v) is 10.8. The number of rotatable bonds is 4. The summed E-state index contributed by atoms with van der Waals surface area (Å²) in [4.78, 5) is 24.5. The van der Waals surface area contributed by atoms with Crippen LogP contribution in [0.25, 0.3) is 0 Å². The maximum absolute atomic E-state index is 12.1. The molecule has 0 aliphatic carbocycles.